The zero-order chi connectivity index (χ0) is 10.6. The molecule has 14 heavy (non-hydrogen) atoms. The van der Waals surface area contributed by atoms with Gasteiger partial charge in [-0.2, -0.15) is 0 Å². The molecule has 1 aromatic rings. The quantitative estimate of drug-likeness (QED) is 0.798. The van der Waals surface area contributed by atoms with Crippen molar-refractivity contribution in [2.75, 3.05) is 7.11 Å². The van der Waals surface area contributed by atoms with Crippen LogP contribution < -0.4 is 10.5 Å². The fraction of sp³-hybridized carbons (Fsp3) is 0.500. The van der Waals surface area contributed by atoms with Crippen LogP contribution in [-0.2, 0) is 0 Å². The highest BCUT2D eigenvalue weighted by atomic mass is 16.5. The van der Waals surface area contributed by atoms with Gasteiger partial charge in [-0.1, -0.05) is 26.0 Å². The molecule has 0 saturated heterocycles. The zero-order valence-corrected chi connectivity index (χ0v) is 9.16. The van der Waals surface area contributed by atoms with Crippen molar-refractivity contribution in [1.29, 1.82) is 0 Å². The fourth-order valence-electron chi connectivity index (χ4n) is 1.50. The van der Waals surface area contributed by atoms with Crippen molar-refractivity contribution in [1.82, 2.24) is 0 Å². The lowest BCUT2D eigenvalue weighted by atomic mass is 9.98. The van der Waals surface area contributed by atoms with E-state index < -0.39 is 0 Å². The number of methoxy groups -OCH3 is 1. The number of rotatable bonds is 4. The summed E-state index contributed by atoms with van der Waals surface area (Å²) in [6.07, 6.45) is 1.02. The van der Waals surface area contributed by atoms with Crippen molar-refractivity contribution in [3.05, 3.63) is 29.8 Å². The minimum atomic E-state index is 0.140. The summed E-state index contributed by atoms with van der Waals surface area (Å²) >= 11 is 0. The lowest BCUT2D eigenvalue weighted by Crippen LogP contribution is -2.12. The molecule has 1 aromatic carbocycles. The first-order valence-corrected chi connectivity index (χ1v) is 5.03. The maximum Gasteiger partial charge on any atom is 0.118 e. The van der Waals surface area contributed by atoms with Gasteiger partial charge in [0, 0.05) is 6.04 Å². The summed E-state index contributed by atoms with van der Waals surface area (Å²) in [7, 11) is 1.67. The van der Waals surface area contributed by atoms with Gasteiger partial charge in [0.05, 0.1) is 7.11 Å². The van der Waals surface area contributed by atoms with Crippen LogP contribution in [0, 0.1) is 5.92 Å². The van der Waals surface area contributed by atoms with Gasteiger partial charge < -0.3 is 10.5 Å². The first-order valence-electron chi connectivity index (χ1n) is 5.03. The monoisotopic (exact) mass is 193 g/mol. The van der Waals surface area contributed by atoms with E-state index in [0.29, 0.717) is 5.92 Å². The average Bonchev–Trinajstić information content (AvgIpc) is 2.17. The first-order chi connectivity index (χ1) is 6.63. The molecule has 0 saturated carbocycles. The lowest BCUT2D eigenvalue weighted by Gasteiger charge is -2.14. The second kappa shape index (κ2) is 5.01. The molecule has 2 nitrogen and oxygen atoms in total. The third-order valence-corrected chi connectivity index (χ3v) is 2.27. The molecular formula is C12H19NO. The minimum Gasteiger partial charge on any atom is -0.497 e. The minimum absolute atomic E-state index is 0.140. The predicted molar refractivity (Wildman–Crippen MR) is 59.4 cm³/mol. The highest BCUT2D eigenvalue weighted by Gasteiger charge is 2.07. The van der Waals surface area contributed by atoms with E-state index in [4.69, 9.17) is 10.5 Å². The third kappa shape index (κ3) is 3.04. The van der Waals surface area contributed by atoms with Gasteiger partial charge in [0.1, 0.15) is 5.75 Å². The Balaban J connectivity index is 2.66. The first kappa shape index (κ1) is 11.1. The van der Waals surface area contributed by atoms with Crippen LogP contribution in [0.15, 0.2) is 24.3 Å². The van der Waals surface area contributed by atoms with E-state index in [1.165, 1.54) is 5.56 Å². The molecule has 1 rings (SSSR count). The molecule has 0 amide bonds. The van der Waals surface area contributed by atoms with Gasteiger partial charge in [-0.25, -0.2) is 0 Å². The van der Waals surface area contributed by atoms with Crippen LogP contribution in [0.2, 0.25) is 0 Å². The Kier molecular flexibility index (Phi) is 3.96. The van der Waals surface area contributed by atoms with Crippen LogP contribution in [0.4, 0.5) is 0 Å². The number of benzene rings is 1. The Bertz CT molecular complexity index is 266. The van der Waals surface area contributed by atoms with Crippen LogP contribution in [0.25, 0.3) is 0 Å². The topological polar surface area (TPSA) is 35.2 Å². The predicted octanol–water partition coefficient (Wildman–Crippen LogP) is 2.74. The largest absolute Gasteiger partial charge is 0.497 e. The summed E-state index contributed by atoms with van der Waals surface area (Å²) < 4.78 is 5.09. The molecule has 1 unspecified atom stereocenters. The van der Waals surface area contributed by atoms with E-state index in [1.807, 2.05) is 24.3 Å². The molecule has 0 heterocycles. The third-order valence-electron chi connectivity index (χ3n) is 2.27. The molecule has 0 radical (unpaired) electrons. The molecule has 1 atom stereocenters. The van der Waals surface area contributed by atoms with Crippen LogP contribution in [0.5, 0.6) is 5.75 Å². The molecule has 2 heteroatoms. The van der Waals surface area contributed by atoms with Gasteiger partial charge in [0.15, 0.2) is 0 Å². The molecule has 0 bridgehead atoms. The van der Waals surface area contributed by atoms with Gasteiger partial charge >= 0.3 is 0 Å². The Morgan fingerprint density at radius 1 is 1.21 bits per heavy atom. The van der Waals surface area contributed by atoms with Crippen LogP contribution in [-0.4, -0.2) is 7.11 Å². The average molecular weight is 193 g/mol. The van der Waals surface area contributed by atoms with E-state index >= 15 is 0 Å². The molecule has 0 aliphatic heterocycles. The summed E-state index contributed by atoms with van der Waals surface area (Å²) in [4.78, 5) is 0. The fourth-order valence-corrected chi connectivity index (χ4v) is 1.50. The lowest BCUT2D eigenvalue weighted by molar-refractivity contribution is 0.414. The molecule has 78 valence electrons. The van der Waals surface area contributed by atoms with Gasteiger partial charge in [-0.15, -0.1) is 0 Å². The SMILES string of the molecule is COc1ccc(C(N)CC(C)C)cc1. The molecule has 2 N–H and O–H groups in total. The van der Waals surface area contributed by atoms with Crippen LogP contribution in [0.3, 0.4) is 0 Å². The Hall–Kier alpha value is -1.02. The number of ether oxygens (including phenoxy) is 1. The summed E-state index contributed by atoms with van der Waals surface area (Å²) in [5.41, 5.74) is 7.23. The number of hydrogen-bond acceptors (Lipinski definition) is 2. The van der Waals surface area contributed by atoms with E-state index in [2.05, 4.69) is 13.8 Å². The maximum absolute atomic E-state index is 6.05. The smallest absolute Gasteiger partial charge is 0.118 e. The van der Waals surface area contributed by atoms with E-state index in [1.54, 1.807) is 7.11 Å². The Morgan fingerprint density at radius 3 is 2.21 bits per heavy atom. The zero-order valence-electron chi connectivity index (χ0n) is 9.16. The van der Waals surface area contributed by atoms with Crippen LogP contribution >= 0.6 is 0 Å². The molecular weight excluding hydrogens is 174 g/mol. The van der Waals surface area contributed by atoms with Gasteiger partial charge in [0.2, 0.25) is 0 Å². The molecule has 0 spiro atoms. The van der Waals surface area contributed by atoms with Crippen molar-refractivity contribution in [2.45, 2.75) is 26.3 Å². The second-order valence-electron chi connectivity index (χ2n) is 4.01. The van der Waals surface area contributed by atoms with Gasteiger partial charge in [-0.3, -0.25) is 0 Å². The maximum atomic E-state index is 6.05. The van der Waals surface area contributed by atoms with E-state index in [0.717, 1.165) is 12.2 Å². The summed E-state index contributed by atoms with van der Waals surface area (Å²) in [5, 5.41) is 0. The van der Waals surface area contributed by atoms with Gasteiger partial charge in [0.25, 0.3) is 0 Å². The van der Waals surface area contributed by atoms with Crippen molar-refractivity contribution in [3.63, 3.8) is 0 Å². The molecule has 0 aliphatic carbocycles. The molecule has 0 aliphatic rings. The second-order valence-corrected chi connectivity index (χ2v) is 4.01. The van der Waals surface area contributed by atoms with Crippen molar-refractivity contribution in [2.24, 2.45) is 11.7 Å². The highest BCUT2D eigenvalue weighted by Crippen LogP contribution is 2.20. The standard InChI is InChI=1S/C12H19NO/c1-9(2)8-12(13)10-4-6-11(14-3)7-5-10/h4-7,9,12H,8,13H2,1-3H3. The molecule has 0 aromatic heterocycles. The van der Waals surface area contributed by atoms with Crippen molar-refractivity contribution in [3.8, 4) is 5.75 Å². The summed E-state index contributed by atoms with van der Waals surface area (Å²) in [5.74, 6) is 1.51. The van der Waals surface area contributed by atoms with E-state index in [-0.39, 0.29) is 6.04 Å². The normalized spacial score (nSPS) is 12.9. The molecule has 0 fully saturated rings. The number of hydrogen-bond donors (Lipinski definition) is 1. The summed E-state index contributed by atoms with van der Waals surface area (Å²) in [6.45, 7) is 4.37. The Morgan fingerprint density at radius 2 is 1.79 bits per heavy atom. The van der Waals surface area contributed by atoms with Crippen molar-refractivity contribution < 1.29 is 4.74 Å². The van der Waals surface area contributed by atoms with Crippen LogP contribution in [0.1, 0.15) is 31.9 Å². The summed E-state index contributed by atoms with van der Waals surface area (Å²) in [6, 6.07) is 8.11. The van der Waals surface area contributed by atoms with Crippen molar-refractivity contribution >= 4 is 0 Å². The number of nitrogens with two attached hydrogens (primary N) is 1. The van der Waals surface area contributed by atoms with E-state index in [9.17, 15) is 0 Å². The van der Waals surface area contributed by atoms with Gasteiger partial charge in [-0.05, 0) is 30.0 Å². The highest BCUT2D eigenvalue weighted by molar-refractivity contribution is 5.28. The Labute approximate surface area is 86.1 Å².